The number of carbonyl (C=O) groups is 1. The number of halogens is 1. The maximum atomic E-state index is 10.8. The van der Waals surface area contributed by atoms with E-state index in [1.807, 2.05) is 26.0 Å². The molecule has 17 heavy (non-hydrogen) atoms. The lowest BCUT2D eigenvalue weighted by molar-refractivity contribution is 0.0663. The predicted octanol–water partition coefficient (Wildman–Crippen LogP) is 4.02. The lowest BCUT2D eigenvalue weighted by Gasteiger charge is -2.07. The zero-order chi connectivity index (χ0) is 12.6. The van der Waals surface area contributed by atoms with Crippen molar-refractivity contribution in [1.29, 1.82) is 0 Å². The Kier molecular flexibility index (Phi) is 3.07. The lowest BCUT2D eigenvalue weighted by atomic mass is 10.0. The van der Waals surface area contributed by atoms with Crippen LogP contribution in [-0.2, 0) is 0 Å². The molecule has 88 valence electrons. The normalized spacial score (nSPS) is 10.5. The van der Waals surface area contributed by atoms with Gasteiger partial charge in [0.1, 0.15) is 5.76 Å². The standard InChI is InChI=1S/C13H11BrO3/c1-7-8(2)10(14)4-3-9(7)11-5-6-12(17-11)13(15)16/h3-6H,1-2H3,(H,15,16). The molecule has 1 heterocycles. The van der Waals surface area contributed by atoms with Gasteiger partial charge in [-0.05, 0) is 49.2 Å². The molecule has 0 saturated carbocycles. The molecule has 0 amide bonds. The molecule has 1 aromatic heterocycles. The van der Waals surface area contributed by atoms with Gasteiger partial charge in [0.25, 0.3) is 0 Å². The van der Waals surface area contributed by atoms with Crippen molar-refractivity contribution in [1.82, 2.24) is 0 Å². The van der Waals surface area contributed by atoms with Crippen LogP contribution in [0.4, 0.5) is 0 Å². The van der Waals surface area contributed by atoms with Gasteiger partial charge in [-0.2, -0.15) is 0 Å². The minimum Gasteiger partial charge on any atom is -0.475 e. The first kappa shape index (κ1) is 11.9. The molecule has 0 aliphatic carbocycles. The molecular weight excluding hydrogens is 284 g/mol. The highest BCUT2D eigenvalue weighted by Crippen LogP contribution is 2.31. The van der Waals surface area contributed by atoms with Crippen LogP contribution in [0.5, 0.6) is 0 Å². The summed E-state index contributed by atoms with van der Waals surface area (Å²) < 4.78 is 6.32. The SMILES string of the molecule is Cc1c(Br)ccc(-c2ccc(C(=O)O)o2)c1C. The Labute approximate surface area is 107 Å². The van der Waals surface area contributed by atoms with E-state index in [-0.39, 0.29) is 5.76 Å². The van der Waals surface area contributed by atoms with Gasteiger partial charge in [-0.3, -0.25) is 0 Å². The Morgan fingerprint density at radius 2 is 1.88 bits per heavy atom. The molecular formula is C13H11BrO3. The van der Waals surface area contributed by atoms with E-state index in [0.29, 0.717) is 5.76 Å². The molecule has 0 aliphatic heterocycles. The van der Waals surface area contributed by atoms with Crippen LogP contribution in [0.3, 0.4) is 0 Å². The Hall–Kier alpha value is -1.55. The molecule has 0 spiro atoms. The first-order valence-corrected chi connectivity index (χ1v) is 5.89. The highest BCUT2D eigenvalue weighted by Gasteiger charge is 2.13. The van der Waals surface area contributed by atoms with Crippen molar-refractivity contribution in [2.24, 2.45) is 0 Å². The fourth-order valence-corrected chi connectivity index (χ4v) is 2.08. The maximum Gasteiger partial charge on any atom is 0.371 e. The number of furan rings is 1. The molecule has 2 aromatic rings. The summed E-state index contributed by atoms with van der Waals surface area (Å²) >= 11 is 3.46. The van der Waals surface area contributed by atoms with Gasteiger partial charge in [-0.15, -0.1) is 0 Å². The van der Waals surface area contributed by atoms with Gasteiger partial charge < -0.3 is 9.52 Å². The molecule has 0 atom stereocenters. The van der Waals surface area contributed by atoms with E-state index in [1.54, 1.807) is 6.07 Å². The molecule has 3 nitrogen and oxygen atoms in total. The molecule has 2 rings (SSSR count). The van der Waals surface area contributed by atoms with Crippen LogP contribution in [0.15, 0.2) is 33.2 Å². The number of aromatic carboxylic acids is 1. The van der Waals surface area contributed by atoms with Crippen molar-refractivity contribution in [3.8, 4) is 11.3 Å². The van der Waals surface area contributed by atoms with Crippen LogP contribution < -0.4 is 0 Å². The summed E-state index contributed by atoms with van der Waals surface area (Å²) in [5.41, 5.74) is 3.11. The molecule has 0 bridgehead atoms. The fraction of sp³-hybridized carbons (Fsp3) is 0.154. The summed E-state index contributed by atoms with van der Waals surface area (Å²) in [5.74, 6) is -0.516. The van der Waals surface area contributed by atoms with Crippen molar-refractivity contribution >= 4 is 21.9 Å². The fourth-order valence-electron chi connectivity index (χ4n) is 1.65. The van der Waals surface area contributed by atoms with Crippen LogP contribution in [0, 0.1) is 13.8 Å². The van der Waals surface area contributed by atoms with E-state index < -0.39 is 5.97 Å². The number of benzene rings is 1. The Balaban J connectivity index is 2.53. The molecule has 0 fully saturated rings. The molecule has 0 unspecified atom stereocenters. The number of hydrogen-bond donors (Lipinski definition) is 1. The summed E-state index contributed by atoms with van der Waals surface area (Å²) in [6.45, 7) is 3.99. The molecule has 0 radical (unpaired) electrons. The van der Waals surface area contributed by atoms with Gasteiger partial charge in [0.15, 0.2) is 0 Å². The minimum atomic E-state index is -1.05. The highest BCUT2D eigenvalue weighted by molar-refractivity contribution is 9.10. The smallest absolute Gasteiger partial charge is 0.371 e. The summed E-state index contributed by atoms with van der Waals surface area (Å²) in [6, 6.07) is 6.99. The molecule has 4 heteroatoms. The third-order valence-electron chi connectivity index (χ3n) is 2.80. The van der Waals surface area contributed by atoms with Gasteiger partial charge in [-0.1, -0.05) is 15.9 Å². The molecule has 0 saturated heterocycles. The van der Waals surface area contributed by atoms with Crippen LogP contribution in [0.1, 0.15) is 21.7 Å². The molecule has 1 N–H and O–H groups in total. The zero-order valence-electron chi connectivity index (χ0n) is 9.45. The van der Waals surface area contributed by atoms with E-state index in [0.717, 1.165) is 21.2 Å². The van der Waals surface area contributed by atoms with E-state index in [4.69, 9.17) is 9.52 Å². The maximum absolute atomic E-state index is 10.8. The average molecular weight is 295 g/mol. The van der Waals surface area contributed by atoms with Gasteiger partial charge in [0, 0.05) is 10.0 Å². The number of rotatable bonds is 2. The quantitative estimate of drug-likeness (QED) is 0.910. The van der Waals surface area contributed by atoms with Crippen molar-refractivity contribution in [2.45, 2.75) is 13.8 Å². The van der Waals surface area contributed by atoms with E-state index in [1.165, 1.54) is 6.07 Å². The van der Waals surface area contributed by atoms with Crippen LogP contribution in [-0.4, -0.2) is 11.1 Å². The van der Waals surface area contributed by atoms with Gasteiger partial charge >= 0.3 is 5.97 Å². The van der Waals surface area contributed by atoms with Crippen LogP contribution in [0.2, 0.25) is 0 Å². The summed E-state index contributed by atoms with van der Waals surface area (Å²) in [7, 11) is 0. The second-order valence-corrected chi connectivity index (χ2v) is 4.67. The Morgan fingerprint density at radius 3 is 2.47 bits per heavy atom. The number of carboxylic acid groups (broad SMARTS) is 1. The van der Waals surface area contributed by atoms with Crippen molar-refractivity contribution in [2.75, 3.05) is 0 Å². The number of carboxylic acids is 1. The second-order valence-electron chi connectivity index (χ2n) is 3.81. The number of hydrogen-bond acceptors (Lipinski definition) is 2. The molecule has 0 aliphatic rings. The van der Waals surface area contributed by atoms with Crippen LogP contribution in [0.25, 0.3) is 11.3 Å². The summed E-state index contributed by atoms with van der Waals surface area (Å²) in [5, 5.41) is 8.81. The Morgan fingerprint density at radius 1 is 1.18 bits per heavy atom. The lowest BCUT2D eigenvalue weighted by Crippen LogP contribution is -1.92. The monoisotopic (exact) mass is 294 g/mol. The third-order valence-corrected chi connectivity index (χ3v) is 3.66. The topological polar surface area (TPSA) is 50.4 Å². The van der Waals surface area contributed by atoms with Crippen molar-refractivity contribution < 1.29 is 14.3 Å². The first-order chi connectivity index (χ1) is 8.00. The van der Waals surface area contributed by atoms with Crippen molar-refractivity contribution in [3.63, 3.8) is 0 Å². The van der Waals surface area contributed by atoms with Crippen LogP contribution >= 0.6 is 15.9 Å². The third kappa shape index (κ3) is 2.13. The molecule has 1 aromatic carbocycles. The largest absolute Gasteiger partial charge is 0.475 e. The van der Waals surface area contributed by atoms with Crippen molar-refractivity contribution in [3.05, 3.63) is 45.6 Å². The van der Waals surface area contributed by atoms with Gasteiger partial charge in [0.05, 0.1) is 0 Å². The average Bonchev–Trinajstić information content (AvgIpc) is 2.75. The van der Waals surface area contributed by atoms with E-state index in [2.05, 4.69) is 15.9 Å². The van der Waals surface area contributed by atoms with Gasteiger partial charge in [-0.25, -0.2) is 4.79 Å². The first-order valence-electron chi connectivity index (χ1n) is 5.10. The zero-order valence-corrected chi connectivity index (χ0v) is 11.0. The minimum absolute atomic E-state index is 0.0417. The van der Waals surface area contributed by atoms with E-state index in [9.17, 15) is 4.79 Å². The Bertz CT molecular complexity index is 584. The van der Waals surface area contributed by atoms with E-state index >= 15 is 0 Å². The highest BCUT2D eigenvalue weighted by atomic mass is 79.9. The summed E-state index contributed by atoms with van der Waals surface area (Å²) in [6.07, 6.45) is 0. The van der Waals surface area contributed by atoms with Gasteiger partial charge in [0.2, 0.25) is 5.76 Å². The second kappa shape index (κ2) is 4.37. The predicted molar refractivity (Wildman–Crippen MR) is 68.3 cm³/mol. The summed E-state index contributed by atoms with van der Waals surface area (Å²) in [4.78, 5) is 10.8.